The Bertz CT molecular complexity index is 2360. The van der Waals surface area contributed by atoms with Crippen LogP contribution in [-0.2, 0) is 74.8 Å². The third-order valence-electron chi connectivity index (χ3n) is 15.8. The molecule has 2 N–H and O–H groups in total. The van der Waals surface area contributed by atoms with Gasteiger partial charge in [0.05, 0.1) is 6.04 Å². The van der Waals surface area contributed by atoms with E-state index in [4.69, 9.17) is 28.4 Å². The van der Waals surface area contributed by atoms with Gasteiger partial charge in [-0.1, -0.05) is 74.2 Å². The van der Waals surface area contributed by atoms with Crippen molar-refractivity contribution in [2.75, 3.05) is 67.8 Å². The summed E-state index contributed by atoms with van der Waals surface area (Å²) in [5, 5.41) is 14.9. The summed E-state index contributed by atoms with van der Waals surface area (Å²) in [4.78, 5) is 98.7. The highest BCUT2D eigenvalue weighted by Gasteiger charge is 2.42. The molecule has 1 unspecified atom stereocenters. The Morgan fingerprint density at radius 3 is 1.60 bits per heavy atom. The summed E-state index contributed by atoms with van der Waals surface area (Å²) in [5.41, 5.74) is -0.390. The van der Waals surface area contributed by atoms with Crippen molar-refractivity contribution < 1.29 is 75.9 Å². The largest absolute Gasteiger partial charge is 0.454 e. The van der Waals surface area contributed by atoms with Crippen LogP contribution in [0.25, 0.3) is 0 Å². The molecule has 0 spiro atoms. The maximum Gasteiger partial charge on any atom is 0.329 e. The van der Waals surface area contributed by atoms with E-state index in [0.29, 0.717) is 56.5 Å². The molecule has 2 aliphatic carbocycles. The molecule has 2 heterocycles. The van der Waals surface area contributed by atoms with Crippen molar-refractivity contribution >= 4 is 41.9 Å². The quantitative estimate of drug-likeness (QED) is 0.0377. The second-order valence-corrected chi connectivity index (χ2v) is 23.6. The van der Waals surface area contributed by atoms with Gasteiger partial charge in [-0.3, -0.25) is 24.0 Å². The second kappa shape index (κ2) is 29.5. The Hall–Kier alpha value is -5.41. The monoisotopic (exact) mass is 1120 g/mol. The predicted octanol–water partition coefficient (Wildman–Crippen LogP) is 6.11. The number of halogens is 2. The Balaban J connectivity index is 1.16. The third-order valence-corrected chi connectivity index (χ3v) is 15.8. The average molecular weight is 1130 g/mol. The zero-order valence-corrected chi connectivity index (χ0v) is 48.0. The number of aliphatic hydroxyl groups excluding tert-OH is 1. The molecule has 0 aromatic heterocycles. The third kappa shape index (κ3) is 19.9. The van der Waals surface area contributed by atoms with E-state index in [2.05, 4.69) is 5.32 Å². The number of aliphatic hydroxyl groups is 1. The number of nitrogens with one attached hydrogen (secondary N) is 1. The number of rotatable bonds is 31. The maximum absolute atomic E-state index is 15.6. The van der Waals surface area contributed by atoms with E-state index in [1.165, 1.54) is 48.8 Å². The number of hydrogen-bond donors (Lipinski definition) is 2. The van der Waals surface area contributed by atoms with E-state index in [9.17, 15) is 38.7 Å². The molecule has 444 valence electrons. The van der Waals surface area contributed by atoms with Crippen molar-refractivity contribution in [2.45, 2.75) is 183 Å². The van der Waals surface area contributed by atoms with Crippen LogP contribution in [0.15, 0.2) is 48.5 Å². The average Bonchev–Trinajstić information content (AvgIpc) is 4.40. The normalized spacial score (nSPS) is 19.0. The van der Waals surface area contributed by atoms with Gasteiger partial charge in [0.25, 0.3) is 17.7 Å². The van der Waals surface area contributed by atoms with Gasteiger partial charge in [-0.2, -0.15) is 0 Å². The summed E-state index contributed by atoms with van der Waals surface area (Å²) < 4.78 is 64.8. The van der Waals surface area contributed by atoms with Crippen LogP contribution in [0.3, 0.4) is 0 Å². The minimum absolute atomic E-state index is 0.0208. The fraction of sp³-hybridized carbons (Fsp3) is 0.683. The van der Waals surface area contributed by atoms with Gasteiger partial charge < -0.3 is 53.5 Å². The van der Waals surface area contributed by atoms with Crippen molar-refractivity contribution in [3.05, 3.63) is 70.8 Å². The summed E-state index contributed by atoms with van der Waals surface area (Å²) in [7, 11) is 5.55. The number of carbonyl (C=O) groups excluding carboxylic acids is 7. The topological polar surface area (TPSA) is 217 Å². The van der Waals surface area contributed by atoms with E-state index in [1.807, 2.05) is 48.5 Å². The van der Waals surface area contributed by atoms with Crippen molar-refractivity contribution in [3.63, 3.8) is 0 Å². The number of hydrogen-bond acceptors (Lipinski definition) is 15. The summed E-state index contributed by atoms with van der Waals surface area (Å²) >= 11 is 0. The van der Waals surface area contributed by atoms with Crippen molar-refractivity contribution in [2.24, 2.45) is 11.8 Å². The summed E-state index contributed by atoms with van der Waals surface area (Å²) in [5.74, 6) is -4.00. The number of nitrogens with zero attached hydrogens (tertiary/aromatic N) is 3. The molecule has 4 aliphatic rings. The van der Waals surface area contributed by atoms with E-state index >= 15 is 8.78 Å². The number of esters is 3. The van der Waals surface area contributed by atoms with Crippen LogP contribution >= 0.6 is 0 Å². The highest BCUT2D eigenvalue weighted by Crippen LogP contribution is 2.36. The van der Waals surface area contributed by atoms with Crippen LogP contribution in [0.5, 0.6) is 0 Å². The maximum atomic E-state index is 15.6. The smallest absolute Gasteiger partial charge is 0.329 e. The molecule has 2 aliphatic heterocycles. The van der Waals surface area contributed by atoms with Gasteiger partial charge in [0.15, 0.2) is 31.9 Å². The molecule has 2 saturated heterocycles. The SMILES string of the molecule is CN[C@@H](CC1CC1)C(=O)OCC(=O)N(C)[C@@H](CC(C)(C)F)C(O)O[C@H](Cc1ccc(C2CCOCC2)cc1)C(=O)N(C)[C@@H](CC1CC1)C(=O)OCC(=O)N(C)[C@@H](CC(C)(C)F)C(=O)O[C@@H](C=O)Cc1ccc(C2CCOCC2)cc1. The van der Waals surface area contributed by atoms with Gasteiger partial charge in [-0.05, 0) is 119 Å². The zero-order valence-electron chi connectivity index (χ0n) is 48.0. The van der Waals surface area contributed by atoms with Crippen LogP contribution in [0, 0.1) is 11.8 Å². The Morgan fingerprint density at radius 2 is 1.12 bits per heavy atom. The molecule has 18 nitrogen and oxygen atoms in total. The zero-order chi connectivity index (χ0) is 58.3. The van der Waals surface area contributed by atoms with Gasteiger partial charge in [0.2, 0.25) is 0 Å². The number of ether oxygens (including phenoxy) is 6. The summed E-state index contributed by atoms with van der Waals surface area (Å²) in [6.07, 6.45) is 2.34. The molecular weight excluding hydrogens is 1040 g/mol. The minimum atomic E-state index is -1.99. The number of aldehydes is 1. The van der Waals surface area contributed by atoms with Crippen molar-refractivity contribution in [3.8, 4) is 0 Å². The number of alkyl halides is 2. The highest BCUT2D eigenvalue weighted by molar-refractivity contribution is 5.90. The highest BCUT2D eigenvalue weighted by atomic mass is 19.1. The lowest BCUT2D eigenvalue weighted by Crippen LogP contribution is -2.54. The molecule has 2 aromatic carbocycles. The first-order valence-corrected chi connectivity index (χ1v) is 28.4. The first-order valence-electron chi connectivity index (χ1n) is 28.4. The van der Waals surface area contributed by atoms with Crippen molar-refractivity contribution in [1.82, 2.24) is 20.0 Å². The lowest BCUT2D eigenvalue weighted by molar-refractivity contribution is -0.194. The van der Waals surface area contributed by atoms with Crippen LogP contribution in [0.2, 0.25) is 0 Å². The number of amides is 3. The molecule has 2 saturated carbocycles. The minimum Gasteiger partial charge on any atom is -0.454 e. The van der Waals surface area contributed by atoms with Gasteiger partial charge >= 0.3 is 17.9 Å². The van der Waals surface area contributed by atoms with E-state index in [0.717, 1.165) is 82.8 Å². The van der Waals surface area contributed by atoms with Gasteiger partial charge in [0, 0.05) is 73.3 Å². The van der Waals surface area contributed by atoms with Gasteiger partial charge in [-0.25, -0.2) is 18.4 Å². The Morgan fingerprint density at radius 1 is 0.650 bits per heavy atom. The second-order valence-electron chi connectivity index (χ2n) is 23.6. The predicted molar refractivity (Wildman–Crippen MR) is 291 cm³/mol. The molecule has 80 heavy (non-hydrogen) atoms. The molecule has 6 rings (SSSR count). The number of likely N-dealkylation sites (N-methyl/N-ethyl adjacent to an activating group) is 4. The fourth-order valence-corrected chi connectivity index (χ4v) is 10.4. The Kier molecular flexibility index (Phi) is 23.5. The van der Waals surface area contributed by atoms with E-state index in [-0.39, 0.29) is 31.1 Å². The Labute approximate surface area is 470 Å². The molecule has 0 bridgehead atoms. The molecule has 3 amide bonds. The van der Waals surface area contributed by atoms with Crippen LogP contribution in [0.4, 0.5) is 8.78 Å². The summed E-state index contributed by atoms with van der Waals surface area (Å²) in [6.45, 7) is 6.00. The van der Waals surface area contributed by atoms with E-state index in [1.54, 1.807) is 7.05 Å². The lowest BCUT2D eigenvalue weighted by Gasteiger charge is -2.37. The fourth-order valence-electron chi connectivity index (χ4n) is 10.4. The van der Waals surface area contributed by atoms with E-state index < -0.39 is 116 Å². The first-order chi connectivity index (χ1) is 37.9. The molecule has 20 heteroatoms. The van der Waals surface area contributed by atoms with Gasteiger partial charge in [0.1, 0.15) is 35.6 Å². The first kappa shape index (κ1) is 63.8. The van der Waals surface area contributed by atoms with Crippen LogP contribution in [0.1, 0.15) is 139 Å². The molecule has 4 fully saturated rings. The number of benzene rings is 2. The van der Waals surface area contributed by atoms with Gasteiger partial charge in [-0.15, -0.1) is 0 Å². The molecule has 2 aromatic rings. The van der Waals surface area contributed by atoms with Crippen LogP contribution in [-0.4, -0.2) is 184 Å². The lowest BCUT2D eigenvalue weighted by atomic mass is 9.90. The number of carbonyl (C=O) groups is 7. The standard InChI is InChI=1S/C60H86F2N4O14/c1-59(2,61)33-49(57(73)79-46(35-67)29-38-13-17-42(18-14-38)44-21-25-75-26-22-44)64(6)53(69)37-78-56(72)48(31-40-11-12-40)66(8)54(70)51(32-41-15-19-43(20-16-41)45-23-27-76-28-24-45)80-58(74)50(34-60(3,4)62)65(7)52(68)36-77-55(71)47(63-5)30-39-9-10-39/h13-20,35,39-40,44-51,58,63,74H,9-12,21-34,36-37H2,1-8H3/t46-,47+,48+,49+,50+,51-,58?/m1/s1. The molecule has 7 atom stereocenters. The van der Waals surface area contributed by atoms with Crippen molar-refractivity contribution in [1.29, 1.82) is 0 Å². The van der Waals surface area contributed by atoms with Crippen LogP contribution < -0.4 is 5.32 Å². The molecule has 0 radical (unpaired) electrons. The molecular formula is C60H86F2N4O14. The summed E-state index contributed by atoms with van der Waals surface area (Å²) in [6, 6.07) is 10.4.